The maximum Gasteiger partial charge on any atom is 0.312 e. The van der Waals surface area contributed by atoms with E-state index in [1.165, 1.54) is 7.11 Å². The van der Waals surface area contributed by atoms with Crippen LogP contribution in [0, 0.1) is 5.41 Å². The number of methoxy groups -OCH3 is 1. The van der Waals surface area contributed by atoms with E-state index in [0.717, 1.165) is 0 Å². The fourth-order valence-corrected chi connectivity index (χ4v) is 1.40. The first-order valence-electron chi connectivity index (χ1n) is 4.07. The molecule has 1 heterocycles. The van der Waals surface area contributed by atoms with Crippen LogP contribution in [0.25, 0.3) is 0 Å². The van der Waals surface area contributed by atoms with Crippen LogP contribution in [-0.2, 0) is 19.1 Å². The number of carboxylic acids is 1. The molecule has 1 unspecified atom stereocenters. The monoisotopic (exact) mass is 201 g/mol. The topological polar surface area (TPSA) is 92.7 Å². The molecule has 2 N–H and O–H groups in total. The van der Waals surface area contributed by atoms with E-state index >= 15 is 0 Å². The van der Waals surface area contributed by atoms with E-state index in [4.69, 9.17) is 5.11 Å². The van der Waals surface area contributed by atoms with Crippen molar-refractivity contribution in [3.8, 4) is 0 Å². The molecule has 0 radical (unpaired) electrons. The first kappa shape index (κ1) is 10.5. The highest BCUT2D eigenvalue weighted by atomic mass is 16.5. The summed E-state index contributed by atoms with van der Waals surface area (Å²) in [7, 11) is 1.18. The summed E-state index contributed by atoms with van der Waals surface area (Å²) < 4.78 is 4.38. The summed E-state index contributed by atoms with van der Waals surface area (Å²) in [5.74, 6) is -2.12. The number of ether oxygens (including phenoxy) is 1. The smallest absolute Gasteiger partial charge is 0.312 e. The van der Waals surface area contributed by atoms with Crippen molar-refractivity contribution in [3.05, 3.63) is 0 Å². The highest BCUT2D eigenvalue weighted by Gasteiger charge is 2.47. The molecule has 0 aromatic rings. The molecule has 1 aliphatic rings. The Kier molecular flexibility index (Phi) is 2.73. The molecule has 14 heavy (non-hydrogen) atoms. The standard InChI is InChI=1S/C8H11NO5/c1-14-6(11)3-8(7(12)13)2-5(10)9-4-8/h2-4H2,1H3,(H,9,10)(H,12,13). The van der Waals surface area contributed by atoms with Gasteiger partial charge in [0.05, 0.1) is 13.5 Å². The third kappa shape index (κ3) is 1.84. The molecule has 6 nitrogen and oxygen atoms in total. The van der Waals surface area contributed by atoms with Crippen molar-refractivity contribution in [2.45, 2.75) is 12.8 Å². The van der Waals surface area contributed by atoms with Crippen LogP contribution in [0.2, 0.25) is 0 Å². The lowest BCUT2D eigenvalue weighted by Gasteiger charge is -2.19. The summed E-state index contributed by atoms with van der Waals surface area (Å²) >= 11 is 0. The van der Waals surface area contributed by atoms with Gasteiger partial charge in [-0.05, 0) is 0 Å². The van der Waals surface area contributed by atoms with E-state index in [1.54, 1.807) is 0 Å². The van der Waals surface area contributed by atoms with Crippen molar-refractivity contribution in [2.24, 2.45) is 5.41 Å². The molecule has 1 fully saturated rings. The molecular weight excluding hydrogens is 190 g/mol. The Morgan fingerprint density at radius 1 is 1.64 bits per heavy atom. The quantitative estimate of drug-likeness (QED) is 0.579. The molecule has 1 atom stereocenters. The number of carbonyl (C=O) groups excluding carboxylic acids is 2. The molecular formula is C8H11NO5. The fourth-order valence-electron chi connectivity index (χ4n) is 1.40. The lowest BCUT2D eigenvalue weighted by Crippen LogP contribution is -2.35. The molecule has 0 spiro atoms. The lowest BCUT2D eigenvalue weighted by molar-refractivity contribution is -0.156. The van der Waals surface area contributed by atoms with Crippen LogP contribution in [0.15, 0.2) is 0 Å². The molecule has 0 bridgehead atoms. The van der Waals surface area contributed by atoms with Crippen LogP contribution >= 0.6 is 0 Å². The second-order valence-corrected chi connectivity index (χ2v) is 3.29. The van der Waals surface area contributed by atoms with Crippen molar-refractivity contribution in [1.29, 1.82) is 0 Å². The van der Waals surface area contributed by atoms with Crippen LogP contribution in [0.5, 0.6) is 0 Å². The van der Waals surface area contributed by atoms with Gasteiger partial charge in [0.15, 0.2) is 0 Å². The molecule has 1 saturated heterocycles. The van der Waals surface area contributed by atoms with E-state index in [0.29, 0.717) is 0 Å². The second-order valence-electron chi connectivity index (χ2n) is 3.29. The zero-order chi connectivity index (χ0) is 10.8. The first-order chi connectivity index (χ1) is 6.50. The van der Waals surface area contributed by atoms with Gasteiger partial charge in [-0.3, -0.25) is 14.4 Å². The summed E-state index contributed by atoms with van der Waals surface area (Å²) in [6, 6.07) is 0. The van der Waals surface area contributed by atoms with Crippen molar-refractivity contribution in [3.63, 3.8) is 0 Å². The van der Waals surface area contributed by atoms with Crippen LogP contribution in [-0.4, -0.2) is 36.6 Å². The average Bonchev–Trinajstić information content (AvgIpc) is 2.48. The molecule has 6 heteroatoms. The predicted octanol–water partition coefficient (Wildman–Crippen LogP) is -0.860. The van der Waals surface area contributed by atoms with Crippen LogP contribution in [0.3, 0.4) is 0 Å². The summed E-state index contributed by atoms with van der Waals surface area (Å²) in [5.41, 5.74) is -1.33. The summed E-state index contributed by atoms with van der Waals surface area (Å²) in [5, 5.41) is 11.3. The second kappa shape index (κ2) is 3.65. The maximum atomic E-state index is 11.0. The SMILES string of the molecule is COC(=O)CC1(C(=O)O)CNC(=O)C1. The molecule has 1 aliphatic heterocycles. The number of esters is 1. The van der Waals surface area contributed by atoms with Crippen molar-refractivity contribution < 1.29 is 24.2 Å². The number of aliphatic carboxylic acids is 1. The number of carbonyl (C=O) groups is 3. The largest absolute Gasteiger partial charge is 0.481 e. The number of carboxylic acid groups (broad SMARTS) is 1. The van der Waals surface area contributed by atoms with Gasteiger partial charge in [-0.15, -0.1) is 0 Å². The number of hydrogen-bond acceptors (Lipinski definition) is 4. The summed E-state index contributed by atoms with van der Waals surface area (Å²) in [6.45, 7) is -0.0176. The molecule has 78 valence electrons. The van der Waals surface area contributed by atoms with Gasteiger partial charge >= 0.3 is 11.9 Å². The highest BCUT2D eigenvalue weighted by Crippen LogP contribution is 2.30. The van der Waals surface area contributed by atoms with Gasteiger partial charge in [0.2, 0.25) is 5.91 Å². The van der Waals surface area contributed by atoms with E-state index < -0.39 is 17.4 Å². The number of hydrogen-bond donors (Lipinski definition) is 2. The zero-order valence-corrected chi connectivity index (χ0v) is 7.70. The maximum absolute atomic E-state index is 11.0. The van der Waals surface area contributed by atoms with Gasteiger partial charge in [-0.2, -0.15) is 0 Å². The Hall–Kier alpha value is -1.59. The number of rotatable bonds is 3. The van der Waals surface area contributed by atoms with Crippen molar-refractivity contribution >= 4 is 17.8 Å². The Morgan fingerprint density at radius 3 is 2.64 bits per heavy atom. The number of amides is 1. The fraction of sp³-hybridized carbons (Fsp3) is 0.625. The third-order valence-electron chi connectivity index (χ3n) is 2.29. The van der Waals surface area contributed by atoms with E-state index in [1.807, 2.05) is 0 Å². The summed E-state index contributed by atoms with van der Waals surface area (Å²) in [4.78, 5) is 32.8. The van der Waals surface area contributed by atoms with Gasteiger partial charge in [-0.25, -0.2) is 0 Å². The molecule has 0 aromatic carbocycles. The van der Waals surface area contributed by atoms with Gasteiger partial charge < -0.3 is 15.2 Å². The minimum atomic E-state index is -1.33. The van der Waals surface area contributed by atoms with Gasteiger partial charge in [0, 0.05) is 13.0 Å². The molecule has 0 saturated carbocycles. The normalized spacial score (nSPS) is 25.6. The Bertz CT molecular complexity index is 287. The van der Waals surface area contributed by atoms with Gasteiger partial charge in [-0.1, -0.05) is 0 Å². The Balaban J connectivity index is 2.78. The Labute approximate surface area is 80.2 Å². The molecule has 1 rings (SSSR count). The van der Waals surface area contributed by atoms with Crippen LogP contribution in [0.1, 0.15) is 12.8 Å². The zero-order valence-electron chi connectivity index (χ0n) is 7.70. The van der Waals surface area contributed by atoms with Gasteiger partial charge in [0.25, 0.3) is 0 Å². The lowest BCUT2D eigenvalue weighted by atomic mass is 9.83. The van der Waals surface area contributed by atoms with Crippen molar-refractivity contribution in [1.82, 2.24) is 5.32 Å². The summed E-state index contributed by atoms with van der Waals surface area (Å²) in [6.07, 6.45) is -0.449. The Morgan fingerprint density at radius 2 is 2.29 bits per heavy atom. The molecule has 1 amide bonds. The number of nitrogens with one attached hydrogen (secondary N) is 1. The first-order valence-corrected chi connectivity index (χ1v) is 4.07. The highest BCUT2D eigenvalue weighted by molar-refractivity contribution is 5.91. The molecule has 0 aliphatic carbocycles. The third-order valence-corrected chi connectivity index (χ3v) is 2.29. The van der Waals surface area contributed by atoms with Gasteiger partial charge in [0.1, 0.15) is 5.41 Å². The predicted molar refractivity (Wildman–Crippen MR) is 44.3 cm³/mol. The van der Waals surface area contributed by atoms with Crippen molar-refractivity contribution in [2.75, 3.05) is 13.7 Å². The van der Waals surface area contributed by atoms with E-state index in [2.05, 4.69) is 10.1 Å². The minimum Gasteiger partial charge on any atom is -0.481 e. The van der Waals surface area contributed by atoms with Crippen LogP contribution in [0.4, 0.5) is 0 Å². The van der Waals surface area contributed by atoms with Crippen LogP contribution < -0.4 is 5.32 Å². The van der Waals surface area contributed by atoms with E-state index in [9.17, 15) is 14.4 Å². The average molecular weight is 201 g/mol. The van der Waals surface area contributed by atoms with E-state index in [-0.39, 0.29) is 25.3 Å². The minimum absolute atomic E-state index is 0.0176. The molecule has 0 aromatic heterocycles.